The van der Waals surface area contributed by atoms with Gasteiger partial charge in [0.2, 0.25) is 0 Å². The lowest BCUT2D eigenvalue weighted by Crippen LogP contribution is -2.54. The fourth-order valence-electron chi connectivity index (χ4n) is 1.36. The Hall–Kier alpha value is -2.54. The highest BCUT2D eigenvalue weighted by molar-refractivity contribution is 5.89. The summed E-state index contributed by atoms with van der Waals surface area (Å²) in [5, 5.41) is 0. The fourth-order valence-corrected chi connectivity index (χ4v) is 1.36. The zero-order valence-electron chi connectivity index (χ0n) is 12.4. The van der Waals surface area contributed by atoms with Crippen LogP contribution in [0.4, 0.5) is 43.9 Å². The molecule has 0 unspecified atom stereocenters. The molecular weight excluding hydrogens is 410 g/mol. The third kappa shape index (κ3) is 5.23. The van der Waals surface area contributed by atoms with Crippen LogP contribution in [0.5, 0.6) is 5.75 Å². The first-order valence-electron chi connectivity index (χ1n) is 6.37. The number of carbonyl (C=O) groups excluding carboxylic acids is 2. The Bertz CT molecular complexity index is 691. The second kappa shape index (κ2) is 7.23. The molecule has 0 aliphatic carbocycles. The molecule has 0 amide bonds. The number of halogens is 10. The average molecular weight is 416 g/mol. The number of benzene rings is 1. The van der Waals surface area contributed by atoms with Crippen LogP contribution in [0.2, 0.25) is 0 Å². The summed E-state index contributed by atoms with van der Waals surface area (Å²) in [7, 11) is 0. The number of carbonyl (C=O) groups is 2. The van der Waals surface area contributed by atoms with Gasteiger partial charge < -0.3 is 9.47 Å². The summed E-state index contributed by atoms with van der Waals surface area (Å²) in [6.07, 6.45) is -11.9. The molecule has 0 N–H and O–H groups in total. The second-order valence-corrected chi connectivity index (χ2v) is 4.76. The number of ether oxygens (including phenoxy) is 2. The van der Waals surface area contributed by atoms with Crippen LogP contribution < -0.4 is 4.74 Å². The van der Waals surface area contributed by atoms with E-state index < -0.39 is 54.1 Å². The van der Waals surface area contributed by atoms with Crippen molar-refractivity contribution in [2.45, 2.75) is 24.2 Å². The first-order valence-corrected chi connectivity index (χ1v) is 6.37. The molecule has 0 aliphatic rings. The number of rotatable bonds is 5. The van der Waals surface area contributed by atoms with Crippen molar-refractivity contribution in [1.29, 1.82) is 0 Å². The van der Waals surface area contributed by atoms with E-state index in [1.54, 1.807) is 0 Å². The average Bonchev–Trinajstić information content (AvgIpc) is 2.51. The predicted octanol–water partition coefficient (Wildman–Crippen LogP) is 4.14. The van der Waals surface area contributed by atoms with E-state index in [0.29, 0.717) is 24.3 Å². The molecule has 1 rings (SSSR count). The van der Waals surface area contributed by atoms with E-state index in [1.807, 2.05) is 0 Å². The van der Waals surface area contributed by atoms with E-state index in [0.717, 1.165) is 0 Å². The molecule has 14 heteroatoms. The number of esters is 2. The van der Waals surface area contributed by atoms with E-state index in [1.165, 1.54) is 0 Å². The molecule has 0 aliphatic heterocycles. The summed E-state index contributed by atoms with van der Waals surface area (Å²) in [6.45, 7) is -2.62. The van der Waals surface area contributed by atoms with Crippen molar-refractivity contribution < 1.29 is 63.0 Å². The van der Waals surface area contributed by atoms with Gasteiger partial charge in [-0.25, -0.2) is 9.59 Å². The van der Waals surface area contributed by atoms with E-state index in [9.17, 15) is 53.5 Å². The minimum atomic E-state index is -6.60. The van der Waals surface area contributed by atoms with Crippen molar-refractivity contribution >= 4 is 11.9 Å². The van der Waals surface area contributed by atoms with Gasteiger partial charge in [0.05, 0.1) is 5.56 Å². The molecule has 0 atom stereocenters. The maximum absolute atomic E-state index is 13.0. The van der Waals surface area contributed by atoms with Crippen LogP contribution in [0.3, 0.4) is 0 Å². The number of alkyl halides is 10. The first-order chi connectivity index (χ1) is 12.0. The van der Waals surface area contributed by atoms with Crippen molar-refractivity contribution in [2.75, 3.05) is 6.61 Å². The third-order valence-electron chi connectivity index (χ3n) is 2.73. The quantitative estimate of drug-likeness (QED) is 0.411. The fraction of sp³-hybridized carbons (Fsp3) is 0.385. The van der Waals surface area contributed by atoms with Crippen molar-refractivity contribution in [3.05, 3.63) is 29.8 Å². The zero-order valence-corrected chi connectivity index (χ0v) is 12.4. The van der Waals surface area contributed by atoms with Gasteiger partial charge in [-0.2, -0.15) is 43.9 Å². The van der Waals surface area contributed by atoms with Gasteiger partial charge in [0, 0.05) is 0 Å². The van der Waals surface area contributed by atoms with Crippen molar-refractivity contribution in [3.8, 4) is 5.75 Å². The maximum atomic E-state index is 13.0. The van der Waals surface area contributed by atoms with E-state index >= 15 is 0 Å². The number of hydrogen-bond acceptors (Lipinski definition) is 4. The van der Waals surface area contributed by atoms with Gasteiger partial charge in [0.25, 0.3) is 0 Å². The standard InChI is InChI=1S/C13H6F10O4/c14-10(15,12(19,20)13(21,22)23)5-26-8(24)6-1-3-7(4-2-6)27-9(25)11(16,17)18/h1-4H,5H2. The van der Waals surface area contributed by atoms with Crippen molar-refractivity contribution in [3.63, 3.8) is 0 Å². The Morgan fingerprint density at radius 2 is 1.30 bits per heavy atom. The van der Waals surface area contributed by atoms with Gasteiger partial charge in [-0.05, 0) is 24.3 Å². The third-order valence-corrected chi connectivity index (χ3v) is 2.73. The molecule has 0 fully saturated rings. The van der Waals surface area contributed by atoms with Gasteiger partial charge in [-0.15, -0.1) is 0 Å². The molecule has 152 valence electrons. The van der Waals surface area contributed by atoms with Crippen LogP contribution in [0.25, 0.3) is 0 Å². The topological polar surface area (TPSA) is 52.6 Å². The molecule has 0 radical (unpaired) electrons. The molecule has 0 heterocycles. The molecular formula is C13H6F10O4. The van der Waals surface area contributed by atoms with Gasteiger partial charge >= 0.3 is 36.1 Å². The lowest BCUT2D eigenvalue weighted by Gasteiger charge is -2.27. The van der Waals surface area contributed by atoms with Crippen molar-refractivity contribution in [1.82, 2.24) is 0 Å². The summed E-state index contributed by atoms with van der Waals surface area (Å²) in [4.78, 5) is 21.9. The molecule has 4 nitrogen and oxygen atoms in total. The van der Waals surface area contributed by atoms with Crippen LogP contribution in [0.1, 0.15) is 10.4 Å². The van der Waals surface area contributed by atoms with E-state index in [2.05, 4.69) is 9.47 Å². The van der Waals surface area contributed by atoms with Crippen molar-refractivity contribution in [2.24, 2.45) is 0 Å². The summed E-state index contributed by atoms with van der Waals surface area (Å²) in [6, 6.07) is 2.40. The Balaban J connectivity index is 2.77. The lowest BCUT2D eigenvalue weighted by atomic mass is 10.1. The molecule has 27 heavy (non-hydrogen) atoms. The van der Waals surface area contributed by atoms with E-state index in [-0.39, 0.29) is 0 Å². The Morgan fingerprint density at radius 3 is 1.70 bits per heavy atom. The Morgan fingerprint density at radius 1 is 0.815 bits per heavy atom. The van der Waals surface area contributed by atoms with Crippen LogP contribution >= 0.6 is 0 Å². The van der Waals surface area contributed by atoms with Gasteiger partial charge in [0.15, 0.2) is 6.61 Å². The monoisotopic (exact) mass is 416 g/mol. The predicted molar refractivity (Wildman–Crippen MR) is 64.4 cm³/mol. The second-order valence-electron chi connectivity index (χ2n) is 4.76. The van der Waals surface area contributed by atoms with Crippen LogP contribution in [0.15, 0.2) is 24.3 Å². The molecule has 0 aromatic heterocycles. The molecule has 0 saturated heterocycles. The Labute approximate surface area is 142 Å². The molecule has 0 spiro atoms. The Kier molecular flexibility index (Phi) is 6.02. The highest BCUT2D eigenvalue weighted by Crippen LogP contribution is 2.46. The zero-order chi connectivity index (χ0) is 21.3. The summed E-state index contributed by atoms with van der Waals surface area (Å²) in [5.74, 6) is -17.4. The maximum Gasteiger partial charge on any atom is 0.491 e. The highest BCUT2D eigenvalue weighted by atomic mass is 19.4. The highest BCUT2D eigenvalue weighted by Gasteiger charge is 2.73. The van der Waals surface area contributed by atoms with Crippen LogP contribution in [0, 0.1) is 0 Å². The summed E-state index contributed by atoms with van der Waals surface area (Å²) in [5.41, 5.74) is -0.701. The SMILES string of the molecule is O=C(OCC(F)(F)C(F)(F)C(F)(F)F)c1ccc(OC(=O)C(F)(F)F)cc1. The summed E-state index contributed by atoms with van der Waals surface area (Å²) < 4.78 is 130. The largest absolute Gasteiger partial charge is 0.491 e. The smallest absolute Gasteiger partial charge is 0.455 e. The van der Waals surface area contributed by atoms with Crippen LogP contribution in [-0.4, -0.2) is 42.7 Å². The summed E-state index contributed by atoms with van der Waals surface area (Å²) >= 11 is 0. The van der Waals surface area contributed by atoms with Gasteiger partial charge in [0.1, 0.15) is 5.75 Å². The van der Waals surface area contributed by atoms with Gasteiger partial charge in [-0.1, -0.05) is 0 Å². The van der Waals surface area contributed by atoms with Gasteiger partial charge in [-0.3, -0.25) is 0 Å². The normalized spacial score (nSPS) is 13.3. The number of hydrogen-bond donors (Lipinski definition) is 0. The molecule has 1 aromatic carbocycles. The minimum absolute atomic E-state index is 0.599. The minimum Gasteiger partial charge on any atom is -0.455 e. The molecule has 0 bridgehead atoms. The first kappa shape index (κ1) is 22.5. The molecule has 1 aromatic rings. The molecule has 0 saturated carbocycles. The van der Waals surface area contributed by atoms with E-state index in [4.69, 9.17) is 0 Å². The lowest BCUT2D eigenvalue weighted by molar-refractivity contribution is -0.359. The van der Waals surface area contributed by atoms with Crippen LogP contribution in [-0.2, 0) is 9.53 Å².